The van der Waals surface area contributed by atoms with Gasteiger partial charge in [0.1, 0.15) is 0 Å². The number of carbonyl (C=O) groups excluding carboxylic acids is 1. The van der Waals surface area contributed by atoms with Gasteiger partial charge in [-0.1, -0.05) is 49.3 Å². The van der Waals surface area contributed by atoms with E-state index in [2.05, 4.69) is 24.0 Å². The molecule has 0 N–H and O–H groups in total. The maximum Gasteiger partial charge on any atom is 0.338 e. The van der Waals surface area contributed by atoms with Gasteiger partial charge in [-0.2, -0.15) is 4.98 Å². The number of ether oxygens (including phenoxy) is 1. The molecule has 0 atom stereocenters. The first-order valence-corrected chi connectivity index (χ1v) is 8.70. The number of hydrogen-bond acceptors (Lipinski definition) is 7. The maximum absolute atomic E-state index is 12.1. The zero-order valence-corrected chi connectivity index (χ0v) is 15.7. The van der Waals surface area contributed by atoms with Crippen molar-refractivity contribution >= 4 is 11.7 Å². The molecule has 8 nitrogen and oxygen atoms in total. The molecule has 0 aliphatic rings. The van der Waals surface area contributed by atoms with Crippen LogP contribution in [0.2, 0.25) is 0 Å². The van der Waals surface area contributed by atoms with Gasteiger partial charge in [0.05, 0.1) is 10.5 Å². The summed E-state index contributed by atoms with van der Waals surface area (Å²) in [5.41, 5.74) is 2.40. The Morgan fingerprint density at radius 2 is 1.93 bits per heavy atom. The molecule has 0 aliphatic heterocycles. The van der Waals surface area contributed by atoms with Gasteiger partial charge in [-0.05, 0) is 24.5 Å². The van der Waals surface area contributed by atoms with Crippen molar-refractivity contribution in [3.63, 3.8) is 0 Å². The third-order valence-electron chi connectivity index (χ3n) is 4.27. The molecule has 2 aromatic carbocycles. The van der Waals surface area contributed by atoms with Crippen LogP contribution in [0.4, 0.5) is 5.69 Å². The Labute approximate surface area is 161 Å². The number of nitrogens with zero attached hydrogens (tertiary/aromatic N) is 3. The molecule has 0 aliphatic carbocycles. The van der Waals surface area contributed by atoms with E-state index >= 15 is 0 Å². The smallest absolute Gasteiger partial charge is 0.338 e. The van der Waals surface area contributed by atoms with E-state index in [9.17, 15) is 14.9 Å². The number of nitro groups is 1. The fraction of sp³-hybridized carbons (Fsp3) is 0.250. The second kappa shape index (κ2) is 7.99. The molecule has 0 saturated heterocycles. The van der Waals surface area contributed by atoms with Gasteiger partial charge in [0, 0.05) is 17.2 Å². The monoisotopic (exact) mass is 381 g/mol. The number of benzene rings is 2. The highest BCUT2D eigenvalue weighted by Gasteiger charge is 2.17. The fourth-order valence-electron chi connectivity index (χ4n) is 2.59. The molecule has 0 radical (unpaired) electrons. The van der Waals surface area contributed by atoms with Gasteiger partial charge in [0.25, 0.3) is 11.6 Å². The third kappa shape index (κ3) is 4.22. The number of esters is 1. The molecule has 28 heavy (non-hydrogen) atoms. The van der Waals surface area contributed by atoms with Crippen LogP contribution < -0.4 is 0 Å². The van der Waals surface area contributed by atoms with E-state index < -0.39 is 10.9 Å². The quantitative estimate of drug-likeness (QED) is 0.353. The van der Waals surface area contributed by atoms with E-state index in [1.165, 1.54) is 23.8 Å². The van der Waals surface area contributed by atoms with Gasteiger partial charge in [-0.3, -0.25) is 10.1 Å². The van der Waals surface area contributed by atoms with E-state index in [4.69, 9.17) is 9.26 Å². The first kappa shape index (κ1) is 19.2. The van der Waals surface area contributed by atoms with E-state index in [1.54, 1.807) is 6.92 Å². The highest BCUT2D eigenvalue weighted by molar-refractivity contribution is 5.90. The zero-order chi connectivity index (χ0) is 20.3. The molecule has 144 valence electrons. The van der Waals surface area contributed by atoms with Crippen LogP contribution in [-0.2, 0) is 11.3 Å². The van der Waals surface area contributed by atoms with Gasteiger partial charge >= 0.3 is 5.97 Å². The van der Waals surface area contributed by atoms with Crippen LogP contribution in [-0.4, -0.2) is 21.0 Å². The van der Waals surface area contributed by atoms with Gasteiger partial charge in [0.2, 0.25) is 5.82 Å². The van der Waals surface area contributed by atoms with Crippen molar-refractivity contribution < 1.29 is 19.0 Å². The molecule has 0 unspecified atom stereocenters. The highest BCUT2D eigenvalue weighted by atomic mass is 16.6. The van der Waals surface area contributed by atoms with Crippen LogP contribution in [0, 0.1) is 17.0 Å². The number of rotatable bonds is 6. The fourth-order valence-corrected chi connectivity index (χ4v) is 2.59. The van der Waals surface area contributed by atoms with Crippen molar-refractivity contribution in [1.82, 2.24) is 10.1 Å². The number of nitro benzene ring substituents is 1. The molecule has 0 spiro atoms. The van der Waals surface area contributed by atoms with Gasteiger partial charge < -0.3 is 9.26 Å². The predicted molar refractivity (Wildman–Crippen MR) is 101 cm³/mol. The van der Waals surface area contributed by atoms with E-state index in [1.807, 2.05) is 24.3 Å². The summed E-state index contributed by atoms with van der Waals surface area (Å²) >= 11 is 0. The van der Waals surface area contributed by atoms with Crippen LogP contribution in [0.15, 0.2) is 47.0 Å². The molecule has 0 fully saturated rings. The Balaban J connectivity index is 1.66. The molecular formula is C20H19N3O5. The zero-order valence-electron chi connectivity index (χ0n) is 15.7. The van der Waals surface area contributed by atoms with Gasteiger partial charge in [0.15, 0.2) is 6.61 Å². The molecule has 0 bridgehead atoms. The Hall–Kier alpha value is -3.55. The molecule has 8 heteroatoms. The number of aromatic nitrogens is 2. The van der Waals surface area contributed by atoms with Crippen molar-refractivity contribution in [2.45, 2.75) is 33.3 Å². The van der Waals surface area contributed by atoms with Crippen molar-refractivity contribution in [3.05, 3.63) is 75.2 Å². The summed E-state index contributed by atoms with van der Waals surface area (Å²) in [5.74, 6) is 0.251. The molecule has 3 aromatic rings. The first-order chi connectivity index (χ1) is 13.3. The summed E-state index contributed by atoms with van der Waals surface area (Å²) in [6.45, 7) is 5.59. The lowest BCUT2D eigenvalue weighted by Crippen LogP contribution is -2.06. The SMILES string of the molecule is Cc1ccc(C(=O)OCc2nc(-c3ccc(C(C)C)cc3)no2)cc1[N+](=O)[O-]. The summed E-state index contributed by atoms with van der Waals surface area (Å²) in [4.78, 5) is 26.8. The lowest BCUT2D eigenvalue weighted by molar-refractivity contribution is -0.385. The van der Waals surface area contributed by atoms with Crippen molar-refractivity contribution in [3.8, 4) is 11.4 Å². The van der Waals surface area contributed by atoms with Gasteiger partial charge in [-0.15, -0.1) is 0 Å². The average Bonchev–Trinajstić information content (AvgIpc) is 3.15. The summed E-state index contributed by atoms with van der Waals surface area (Å²) in [5, 5.41) is 14.9. The highest BCUT2D eigenvalue weighted by Crippen LogP contribution is 2.22. The third-order valence-corrected chi connectivity index (χ3v) is 4.27. The standard InChI is InChI=1S/C20H19N3O5/c1-12(2)14-6-8-15(9-7-14)19-21-18(28-22-19)11-27-20(24)16-5-4-13(3)17(10-16)23(25)26/h4-10,12H,11H2,1-3H3. The Morgan fingerprint density at radius 1 is 1.21 bits per heavy atom. The lowest BCUT2D eigenvalue weighted by Gasteiger charge is -2.04. The molecule has 0 saturated carbocycles. The van der Waals surface area contributed by atoms with E-state index in [-0.39, 0.29) is 23.7 Å². The summed E-state index contributed by atoms with van der Waals surface area (Å²) in [6.07, 6.45) is 0. The Bertz CT molecular complexity index is 1010. The van der Waals surface area contributed by atoms with Crippen molar-refractivity contribution in [2.75, 3.05) is 0 Å². The van der Waals surface area contributed by atoms with Crippen molar-refractivity contribution in [1.29, 1.82) is 0 Å². The minimum atomic E-state index is -0.705. The number of aryl methyl sites for hydroxylation is 1. The Morgan fingerprint density at radius 3 is 2.57 bits per heavy atom. The largest absolute Gasteiger partial charge is 0.452 e. The van der Waals surface area contributed by atoms with Gasteiger partial charge in [-0.25, -0.2) is 4.79 Å². The van der Waals surface area contributed by atoms with E-state index in [0.29, 0.717) is 17.3 Å². The molecular weight excluding hydrogens is 362 g/mol. The summed E-state index contributed by atoms with van der Waals surface area (Å²) in [7, 11) is 0. The molecule has 1 aromatic heterocycles. The predicted octanol–water partition coefficient (Wildman–Crippen LogP) is 4.43. The van der Waals surface area contributed by atoms with Crippen LogP contribution in [0.1, 0.15) is 47.1 Å². The van der Waals surface area contributed by atoms with Crippen molar-refractivity contribution in [2.24, 2.45) is 0 Å². The Kier molecular flexibility index (Phi) is 5.49. The minimum Gasteiger partial charge on any atom is -0.452 e. The minimum absolute atomic E-state index is 0.0845. The topological polar surface area (TPSA) is 108 Å². The summed E-state index contributed by atoms with van der Waals surface area (Å²) < 4.78 is 10.2. The normalized spacial score (nSPS) is 10.9. The maximum atomic E-state index is 12.1. The van der Waals surface area contributed by atoms with Crippen LogP contribution in [0.3, 0.4) is 0 Å². The molecule has 3 rings (SSSR count). The lowest BCUT2D eigenvalue weighted by atomic mass is 10.0. The van der Waals surface area contributed by atoms with Crippen LogP contribution in [0.5, 0.6) is 0 Å². The first-order valence-electron chi connectivity index (χ1n) is 8.70. The molecule has 1 heterocycles. The van der Waals surface area contributed by atoms with Crippen LogP contribution >= 0.6 is 0 Å². The second-order valence-corrected chi connectivity index (χ2v) is 6.62. The number of carbonyl (C=O) groups is 1. The average molecular weight is 381 g/mol. The summed E-state index contributed by atoms with van der Waals surface area (Å²) in [6, 6.07) is 12.0. The number of hydrogen-bond donors (Lipinski definition) is 0. The van der Waals surface area contributed by atoms with Crippen LogP contribution in [0.25, 0.3) is 11.4 Å². The van der Waals surface area contributed by atoms with E-state index in [0.717, 1.165) is 5.56 Å². The second-order valence-electron chi connectivity index (χ2n) is 6.62. The molecule has 0 amide bonds.